The van der Waals surface area contributed by atoms with Gasteiger partial charge in [-0.1, -0.05) is 192 Å². The molecule has 0 saturated carbocycles. The van der Waals surface area contributed by atoms with Gasteiger partial charge in [0.2, 0.25) is 11.8 Å². The van der Waals surface area contributed by atoms with Gasteiger partial charge in [0.1, 0.15) is 12.1 Å². The summed E-state index contributed by atoms with van der Waals surface area (Å²) in [4.78, 5) is 47.7. The van der Waals surface area contributed by atoms with Gasteiger partial charge in [-0.25, -0.2) is 4.79 Å². The van der Waals surface area contributed by atoms with Gasteiger partial charge < -0.3 is 25.6 Å². The Morgan fingerprint density at radius 2 is 0.885 bits per heavy atom. The number of hydrogen-bond donors (Lipinski definition) is 4. The SMILES string of the molecule is CCCCCCC/C=C\C/C=C\C/C=C\CCCCCCCCC(=O)OC(CCCCCCCCCCCCCC)CCCCCCCC(=O)NCC(=O)NC(CO)C(=O)O. The van der Waals surface area contributed by atoms with Gasteiger partial charge in [-0.3, -0.25) is 14.4 Å². The number of unbranched alkanes of at least 4 members (excludes halogenated alkanes) is 26. The summed E-state index contributed by atoms with van der Waals surface area (Å²) in [5.41, 5.74) is 0. The number of carboxylic acid groups (broad SMARTS) is 1. The van der Waals surface area contributed by atoms with Gasteiger partial charge in [-0.05, 0) is 77.0 Å². The molecule has 2 amide bonds. The Hall–Kier alpha value is -2.94. The fourth-order valence-electron chi connectivity index (χ4n) is 7.49. The predicted molar refractivity (Wildman–Crippen MR) is 255 cm³/mol. The summed E-state index contributed by atoms with van der Waals surface area (Å²) in [7, 11) is 0. The van der Waals surface area contributed by atoms with Crippen molar-refractivity contribution in [2.24, 2.45) is 0 Å². The first-order valence-corrected chi connectivity index (χ1v) is 25.4. The number of ether oxygens (including phenoxy) is 1. The Labute approximate surface area is 374 Å². The number of nitrogens with one attached hydrogen (secondary N) is 2. The van der Waals surface area contributed by atoms with Crippen LogP contribution in [0.5, 0.6) is 0 Å². The van der Waals surface area contributed by atoms with Crippen molar-refractivity contribution >= 4 is 23.8 Å². The molecule has 61 heavy (non-hydrogen) atoms. The molecular weight excluding hydrogens is 765 g/mol. The van der Waals surface area contributed by atoms with Crippen LogP contribution in [0, 0.1) is 0 Å². The van der Waals surface area contributed by atoms with E-state index in [1.807, 2.05) is 0 Å². The first-order chi connectivity index (χ1) is 29.8. The molecule has 0 aliphatic rings. The second kappa shape index (κ2) is 46.6. The van der Waals surface area contributed by atoms with Gasteiger partial charge in [0.05, 0.1) is 13.2 Å². The normalized spacial score (nSPS) is 12.7. The minimum atomic E-state index is -1.38. The van der Waals surface area contributed by atoms with E-state index in [2.05, 4.69) is 60.9 Å². The molecule has 0 saturated heterocycles. The van der Waals surface area contributed by atoms with Crippen molar-refractivity contribution in [2.75, 3.05) is 13.2 Å². The molecule has 0 aliphatic heterocycles. The van der Waals surface area contributed by atoms with Gasteiger partial charge in [-0.15, -0.1) is 0 Å². The summed E-state index contributed by atoms with van der Waals surface area (Å²) in [5, 5.41) is 22.6. The third-order valence-electron chi connectivity index (χ3n) is 11.4. The number of allylic oxidation sites excluding steroid dienone is 6. The molecule has 2 atom stereocenters. The topological polar surface area (TPSA) is 142 Å². The maximum atomic E-state index is 12.9. The van der Waals surface area contributed by atoms with Crippen molar-refractivity contribution in [3.8, 4) is 0 Å². The highest BCUT2D eigenvalue weighted by atomic mass is 16.5. The summed E-state index contributed by atoms with van der Waals surface area (Å²) < 4.78 is 6.06. The van der Waals surface area contributed by atoms with E-state index < -0.39 is 24.5 Å². The van der Waals surface area contributed by atoms with Gasteiger partial charge in [0, 0.05) is 12.8 Å². The zero-order valence-corrected chi connectivity index (χ0v) is 39.4. The molecular formula is C52H94N2O7. The van der Waals surface area contributed by atoms with Crippen molar-refractivity contribution in [3.63, 3.8) is 0 Å². The molecule has 0 aliphatic carbocycles. The summed E-state index contributed by atoms with van der Waals surface area (Å²) in [6, 6.07) is -1.38. The molecule has 4 N–H and O–H groups in total. The van der Waals surface area contributed by atoms with Crippen molar-refractivity contribution in [1.82, 2.24) is 10.6 Å². The number of carbonyl (C=O) groups is 4. The Balaban J connectivity index is 4.27. The van der Waals surface area contributed by atoms with Crippen LogP contribution < -0.4 is 10.6 Å². The van der Waals surface area contributed by atoms with Crippen molar-refractivity contribution in [2.45, 2.75) is 257 Å². The predicted octanol–water partition coefficient (Wildman–Crippen LogP) is 13.3. The Morgan fingerprint density at radius 3 is 1.33 bits per heavy atom. The molecule has 0 bridgehead atoms. The first kappa shape index (κ1) is 58.1. The number of amides is 2. The minimum absolute atomic E-state index is 0.0191. The lowest BCUT2D eigenvalue weighted by Crippen LogP contribution is -2.47. The number of carboxylic acids is 1. The maximum Gasteiger partial charge on any atom is 0.328 e. The van der Waals surface area contributed by atoms with E-state index in [1.165, 1.54) is 135 Å². The van der Waals surface area contributed by atoms with Crippen LogP contribution in [-0.4, -0.2) is 59.3 Å². The van der Waals surface area contributed by atoms with Crippen LogP contribution >= 0.6 is 0 Å². The van der Waals surface area contributed by atoms with Crippen LogP contribution in [0.25, 0.3) is 0 Å². The number of aliphatic carboxylic acids is 1. The lowest BCUT2D eigenvalue weighted by atomic mass is 10.0. The van der Waals surface area contributed by atoms with E-state index in [9.17, 15) is 19.2 Å². The molecule has 0 aromatic carbocycles. The lowest BCUT2D eigenvalue weighted by molar-refractivity contribution is -0.150. The minimum Gasteiger partial charge on any atom is -0.480 e. The summed E-state index contributed by atoms with van der Waals surface area (Å²) in [6.07, 6.45) is 54.6. The molecule has 0 fully saturated rings. The monoisotopic (exact) mass is 859 g/mol. The smallest absolute Gasteiger partial charge is 0.328 e. The highest BCUT2D eigenvalue weighted by Crippen LogP contribution is 2.19. The van der Waals surface area contributed by atoms with Crippen molar-refractivity contribution < 1.29 is 34.1 Å². The zero-order valence-electron chi connectivity index (χ0n) is 39.4. The number of aliphatic hydroxyl groups excluding tert-OH is 1. The van der Waals surface area contributed by atoms with Crippen molar-refractivity contribution in [3.05, 3.63) is 36.5 Å². The molecule has 9 heteroatoms. The molecule has 0 heterocycles. The quantitative estimate of drug-likeness (QED) is 0.0271. The summed E-state index contributed by atoms with van der Waals surface area (Å²) in [5.74, 6) is -2.29. The first-order valence-electron chi connectivity index (χ1n) is 25.4. The average molecular weight is 859 g/mol. The van der Waals surface area contributed by atoms with E-state index in [4.69, 9.17) is 14.9 Å². The summed E-state index contributed by atoms with van der Waals surface area (Å²) >= 11 is 0. The molecule has 9 nitrogen and oxygen atoms in total. The van der Waals surface area contributed by atoms with Crippen LogP contribution in [-0.2, 0) is 23.9 Å². The second-order valence-corrected chi connectivity index (χ2v) is 17.3. The molecule has 0 spiro atoms. The Bertz CT molecular complexity index is 1120. The zero-order chi connectivity index (χ0) is 44.7. The fraction of sp³-hybridized carbons (Fsp3) is 0.808. The van der Waals surface area contributed by atoms with Gasteiger partial charge in [0.25, 0.3) is 0 Å². The van der Waals surface area contributed by atoms with E-state index in [0.29, 0.717) is 19.3 Å². The van der Waals surface area contributed by atoms with Crippen LogP contribution in [0.4, 0.5) is 0 Å². The maximum absolute atomic E-state index is 12.9. The van der Waals surface area contributed by atoms with E-state index in [0.717, 1.165) is 77.0 Å². The van der Waals surface area contributed by atoms with Gasteiger partial charge >= 0.3 is 11.9 Å². The van der Waals surface area contributed by atoms with E-state index in [-0.39, 0.29) is 24.5 Å². The molecule has 0 radical (unpaired) electrons. The van der Waals surface area contributed by atoms with E-state index >= 15 is 0 Å². The lowest BCUT2D eigenvalue weighted by Gasteiger charge is -2.18. The molecule has 0 aromatic heterocycles. The van der Waals surface area contributed by atoms with Crippen molar-refractivity contribution in [1.29, 1.82) is 0 Å². The highest BCUT2D eigenvalue weighted by molar-refractivity contribution is 5.87. The van der Waals surface area contributed by atoms with Crippen LogP contribution in [0.1, 0.15) is 245 Å². The number of hydrogen-bond acceptors (Lipinski definition) is 6. The van der Waals surface area contributed by atoms with Crippen LogP contribution in [0.2, 0.25) is 0 Å². The number of carbonyl (C=O) groups excluding carboxylic acids is 3. The number of rotatable bonds is 46. The largest absolute Gasteiger partial charge is 0.480 e. The number of esters is 1. The Kier molecular flexibility index (Phi) is 44.3. The van der Waals surface area contributed by atoms with Crippen LogP contribution in [0.15, 0.2) is 36.5 Å². The second-order valence-electron chi connectivity index (χ2n) is 17.3. The molecule has 0 rings (SSSR count). The standard InChI is InChI=1S/C52H94N2O7/c1-3-5-7-9-11-13-15-17-18-19-20-21-22-23-24-25-27-29-31-36-40-44-51(58)61-47(41-37-33-30-28-26-16-14-12-10-8-6-4-2)42-38-34-32-35-39-43-49(56)53-45-50(57)54-48(46-55)52(59)60/h15,17,19-20,22-23,47-48,55H,3-14,16,18,21,24-46H2,1-2H3,(H,53,56)(H,54,57)(H,59,60)/b17-15-,20-19-,23-22-. The number of aliphatic hydroxyl groups is 1. The molecule has 0 aromatic rings. The third kappa shape index (κ3) is 43.5. The van der Waals surface area contributed by atoms with E-state index in [1.54, 1.807) is 0 Å². The van der Waals surface area contributed by atoms with Crippen LogP contribution in [0.3, 0.4) is 0 Å². The fourth-order valence-corrected chi connectivity index (χ4v) is 7.49. The Morgan fingerprint density at radius 1 is 0.492 bits per heavy atom. The van der Waals surface area contributed by atoms with Gasteiger partial charge in [-0.2, -0.15) is 0 Å². The third-order valence-corrected chi connectivity index (χ3v) is 11.4. The average Bonchev–Trinajstić information content (AvgIpc) is 3.25. The highest BCUT2D eigenvalue weighted by Gasteiger charge is 2.19. The van der Waals surface area contributed by atoms with Gasteiger partial charge in [0.15, 0.2) is 0 Å². The molecule has 2 unspecified atom stereocenters. The summed E-state index contributed by atoms with van der Waals surface area (Å²) in [6.45, 7) is 3.49. The molecule has 354 valence electrons.